The SMILES string of the molecule is C/C(=N/NC(=O)c1cccc(S(=O)(=O)N(C)C)c1)c1cccnc1. The van der Waals surface area contributed by atoms with Gasteiger partial charge in [-0.25, -0.2) is 18.1 Å². The van der Waals surface area contributed by atoms with E-state index in [1.165, 1.54) is 38.4 Å². The topological polar surface area (TPSA) is 91.7 Å². The number of hydrogen-bond acceptors (Lipinski definition) is 5. The Morgan fingerprint density at radius 1 is 1.17 bits per heavy atom. The van der Waals surface area contributed by atoms with Crippen molar-refractivity contribution in [1.82, 2.24) is 14.7 Å². The highest BCUT2D eigenvalue weighted by molar-refractivity contribution is 7.89. The molecule has 0 saturated heterocycles. The van der Waals surface area contributed by atoms with Gasteiger partial charge in [0.25, 0.3) is 5.91 Å². The van der Waals surface area contributed by atoms with Crippen molar-refractivity contribution in [2.75, 3.05) is 14.1 Å². The lowest BCUT2D eigenvalue weighted by atomic mass is 10.2. The summed E-state index contributed by atoms with van der Waals surface area (Å²) in [7, 11) is -0.730. The molecule has 0 aliphatic carbocycles. The molecule has 0 aliphatic heterocycles. The van der Waals surface area contributed by atoms with Crippen LogP contribution in [0.5, 0.6) is 0 Å². The van der Waals surface area contributed by atoms with Gasteiger partial charge in [-0.15, -0.1) is 0 Å². The minimum atomic E-state index is -3.60. The monoisotopic (exact) mass is 346 g/mol. The van der Waals surface area contributed by atoms with Gasteiger partial charge in [-0.3, -0.25) is 9.78 Å². The number of hydrogen-bond donors (Lipinski definition) is 1. The Bertz CT molecular complexity index is 862. The Morgan fingerprint density at radius 2 is 1.88 bits per heavy atom. The predicted molar refractivity (Wildman–Crippen MR) is 91.2 cm³/mol. The van der Waals surface area contributed by atoms with E-state index >= 15 is 0 Å². The van der Waals surface area contributed by atoms with E-state index in [1.54, 1.807) is 25.4 Å². The van der Waals surface area contributed by atoms with Crippen molar-refractivity contribution in [3.63, 3.8) is 0 Å². The second-order valence-electron chi connectivity index (χ2n) is 5.20. The molecule has 2 aromatic rings. The molecule has 0 bridgehead atoms. The van der Waals surface area contributed by atoms with Crippen molar-refractivity contribution < 1.29 is 13.2 Å². The fourth-order valence-corrected chi connectivity index (χ4v) is 2.80. The van der Waals surface area contributed by atoms with Gasteiger partial charge in [0.15, 0.2) is 0 Å². The third-order valence-electron chi connectivity index (χ3n) is 3.28. The van der Waals surface area contributed by atoms with Gasteiger partial charge in [-0.2, -0.15) is 5.10 Å². The first-order valence-corrected chi connectivity index (χ1v) is 8.54. The highest BCUT2D eigenvalue weighted by Gasteiger charge is 2.18. The molecule has 7 nitrogen and oxygen atoms in total. The van der Waals surface area contributed by atoms with Crippen molar-refractivity contribution in [2.24, 2.45) is 5.10 Å². The quantitative estimate of drug-likeness (QED) is 0.656. The number of sulfonamides is 1. The number of rotatable bonds is 5. The van der Waals surface area contributed by atoms with E-state index in [0.717, 1.165) is 9.87 Å². The van der Waals surface area contributed by atoms with Gasteiger partial charge in [0.1, 0.15) is 0 Å². The van der Waals surface area contributed by atoms with Gasteiger partial charge >= 0.3 is 0 Å². The van der Waals surface area contributed by atoms with Crippen LogP contribution in [0, 0.1) is 0 Å². The van der Waals surface area contributed by atoms with Gasteiger partial charge in [0.2, 0.25) is 10.0 Å². The fourth-order valence-electron chi connectivity index (χ4n) is 1.85. The highest BCUT2D eigenvalue weighted by Crippen LogP contribution is 2.14. The highest BCUT2D eigenvalue weighted by atomic mass is 32.2. The molecule has 0 atom stereocenters. The zero-order valence-electron chi connectivity index (χ0n) is 13.6. The maximum absolute atomic E-state index is 12.2. The number of hydrazone groups is 1. The van der Waals surface area contributed by atoms with Crippen molar-refractivity contribution in [3.8, 4) is 0 Å². The van der Waals surface area contributed by atoms with E-state index in [2.05, 4.69) is 15.5 Å². The van der Waals surface area contributed by atoms with Crippen LogP contribution in [-0.2, 0) is 10.0 Å². The largest absolute Gasteiger partial charge is 0.271 e. The molecule has 2 rings (SSSR count). The van der Waals surface area contributed by atoms with Gasteiger partial charge in [-0.05, 0) is 31.2 Å². The van der Waals surface area contributed by atoms with E-state index in [0.29, 0.717) is 5.71 Å². The van der Waals surface area contributed by atoms with Crippen LogP contribution in [0.1, 0.15) is 22.8 Å². The smallest absolute Gasteiger partial charge is 0.267 e. The lowest BCUT2D eigenvalue weighted by molar-refractivity contribution is 0.0954. The molecule has 0 fully saturated rings. The first-order valence-electron chi connectivity index (χ1n) is 7.10. The second kappa shape index (κ2) is 7.33. The summed E-state index contributed by atoms with van der Waals surface area (Å²) in [5.74, 6) is -0.492. The molecule has 1 amide bonds. The summed E-state index contributed by atoms with van der Waals surface area (Å²) in [6.45, 7) is 1.74. The molecule has 8 heteroatoms. The summed E-state index contributed by atoms with van der Waals surface area (Å²) in [6.07, 6.45) is 3.28. The zero-order chi connectivity index (χ0) is 17.7. The van der Waals surface area contributed by atoms with Crippen LogP contribution in [0.15, 0.2) is 58.8 Å². The fraction of sp³-hybridized carbons (Fsp3) is 0.188. The minimum Gasteiger partial charge on any atom is -0.267 e. The summed E-state index contributed by atoms with van der Waals surface area (Å²) in [6, 6.07) is 9.39. The molecule has 0 spiro atoms. The van der Waals surface area contributed by atoms with Crippen LogP contribution in [0.2, 0.25) is 0 Å². The molecule has 1 heterocycles. The van der Waals surface area contributed by atoms with E-state index < -0.39 is 15.9 Å². The normalized spacial score (nSPS) is 12.2. The molecule has 0 saturated carbocycles. The van der Waals surface area contributed by atoms with E-state index in [1.807, 2.05) is 6.07 Å². The number of benzene rings is 1. The zero-order valence-corrected chi connectivity index (χ0v) is 14.4. The molecular formula is C16H18N4O3S. The maximum atomic E-state index is 12.2. The standard InChI is InChI=1S/C16H18N4O3S/c1-12(14-7-5-9-17-11-14)18-19-16(21)13-6-4-8-15(10-13)24(22,23)20(2)3/h4-11H,1-3H3,(H,19,21)/b18-12-. The summed E-state index contributed by atoms with van der Waals surface area (Å²) in [5.41, 5.74) is 4.00. The Morgan fingerprint density at radius 3 is 2.50 bits per heavy atom. The second-order valence-corrected chi connectivity index (χ2v) is 7.35. The molecule has 1 aromatic carbocycles. The Labute approximate surface area is 141 Å². The molecular weight excluding hydrogens is 328 g/mol. The third kappa shape index (κ3) is 4.03. The van der Waals surface area contributed by atoms with Gasteiger partial charge < -0.3 is 0 Å². The summed E-state index contributed by atoms with van der Waals surface area (Å²) in [4.78, 5) is 16.2. The van der Waals surface area contributed by atoms with Crippen LogP contribution in [-0.4, -0.2) is 43.4 Å². The lowest BCUT2D eigenvalue weighted by Gasteiger charge is -2.12. The molecule has 24 heavy (non-hydrogen) atoms. The number of nitrogens with one attached hydrogen (secondary N) is 1. The number of amides is 1. The average molecular weight is 346 g/mol. The van der Waals surface area contributed by atoms with Crippen molar-refractivity contribution in [3.05, 3.63) is 59.9 Å². The Balaban J connectivity index is 2.19. The third-order valence-corrected chi connectivity index (χ3v) is 5.09. The summed E-state index contributed by atoms with van der Waals surface area (Å²) in [5, 5.41) is 4.01. The van der Waals surface area contributed by atoms with Crippen molar-refractivity contribution in [1.29, 1.82) is 0 Å². The Kier molecular flexibility index (Phi) is 5.42. The molecule has 1 N–H and O–H groups in total. The number of nitrogens with zero attached hydrogens (tertiary/aromatic N) is 3. The first-order chi connectivity index (χ1) is 11.3. The minimum absolute atomic E-state index is 0.0492. The van der Waals surface area contributed by atoms with Crippen LogP contribution in [0.4, 0.5) is 0 Å². The van der Waals surface area contributed by atoms with Gasteiger partial charge in [0, 0.05) is 37.6 Å². The van der Waals surface area contributed by atoms with Crippen LogP contribution in [0.3, 0.4) is 0 Å². The Hall–Kier alpha value is -2.58. The van der Waals surface area contributed by atoms with Crippen LogP contribution < -0.4 is 5.43 Å². The number of pyridine rings is 1. The van der Waals surface area contributed by atoms with Crippen molar-refractivity contribution in [2.45, 2.75) is 11.8 Å². The molecule has 0 unspecified atom stereocenters. The predicted octanol–water partition coefficient (Wildman–Crippen LogP) is 1.49. The van der Waals surface area contributed by atoms with Crippen LogP contribution >= 0.6 is 0 Å². The molecule has 0 aliphatic rings. The summed E-state index contributed by atoms with van der Waals surface area (Å²) < 4.78 is 25.3. The maximum Gasteiger partial charge on any atom is 0.271 e. The van der Waals surface area contributed by atoms with E-state index in [4.69, 9.17) is 0 Å². The number of carbonyl (C=O) groups excluding carboxylic acids is 1. The van der Waals surface area contributed by atoms with E-state index in [-0.39, 0.29) is 10.5 Å². The summed E-state index contributed by atoms with van der Waals surface area (Å²) >= 11 is 0. The van der Waals surface area contributed by atoms with Crippen LogP contribution in [0.25, 0.3) is 0 Å². The molecule has 126 valence electrons. The number of aromatic nitrogens is 1. The molecule has 1 aromatic heterocycles. The van der Waals surface area contributed by atoms with Gasteiger partial charge in [0.05, 0.1) is 10.6 Å². The number of carbonyl (C=O) groups is 1. The molecule has 0 radical (unpaired) electrons. The van der Waals surface area contributed by atoms with Crippen molar-refractivity contribution >= 4 is 21.6 Å². The average Bonchev–Trinajstić information content (AvgIpc) is 2.60. The van der Waals surface area contributed by atoms with E-state index in [9.17, 15) is 13.2 Å². The lowest BCUT2D eigenvalue weighted by Crippen LogP contribution is -2.23. The first kappa shape index (κ1) is 17.8. The van der Waals surface area contributed by atoms with Gasteiger partial charge in [-0.1, -0.05) is 12.1 Å².